The molecule has 2 heterocycles. The number of rotatable bonds is 4. The zero-order chi connectivity index (χ0) is 19.6. The van der Waals surface area contributed by atoms with Gasteiger partial charge in [-0.1, -0.05) is 28.1 Å². The van der Waals surface area contributed by atoms with Crippen LogP contribution in [-0.4, -0.2) is 19.0 Å². The summed E-state index contributed by atoms with van der Waals surface area (Å²) >= 11 is 4.36. The van der Waals surface area contributed by atoms with E-state index in [2.05, 4.69) is 21.2 Å². The molecule has 27 heavy (non-hydrogen) atoms. The van der Waals surface area contributed by atoms with Crippen LogP contribution < -0.4 is 5.32 Å². The molecule has 0 saturated heterocycles. The van der Waals surface area contributed by atoms with Crippen molar-refractivity contribution in [1.82, 2.24) is 0 Å². The van der Waals surface area contributed by atoms with E-state index in [4.69, 9.17) is 9.15 Å². The van der Waals surface area contributed by atoms with Crippen LogP contribution in [0.5, 0.6) is 0 Å². The Morgan fingerprint density at radius 1 is 1.22 bits per heavy atom. The molecule has 2 aromatic heterocycles. The molecule has 0 unspecified atom stereocenters. The average molecular weight is 445 g/mol. The zero-order valence-corrected chi connectivity index (χ0v) is 16.7. The predicted octanol–water partition coefficient (Wildman–Crippen LogP) is 4.99. The van der Waals surface area contributed by atoms with Gasteiger partial charge in [-0.25, -0.2) is 4.79 Å². The fourth-order valence-electron chi connectivity index (χ4n) is 2.42. The fourth-order valence-corrected chi connectivity index (χ4v) is 3.75. The standard InChI is InChI=1S/C19H13BrN2O4S/c1-10-13(9-21)18(27-16(10)19(24)25-2)22-17(23)15-8-7-14(26-15)11-3-5-12(20)6-4-11/h3-8H,1-2H3,(H,22,23). The number of nitrogens with zero attached hydrogens (tertiary/aromatic N) is 1. The number of hydrogen-bond acceptors (Lipinski definition) is 6. The molecule has 6 nitrogen and oxygen atoms in total. The SMILES string of the molecule is COC(=O)c1sc(NC(=O)c2ccc(-c3ccc(Br)cc3)o2)c(C#N)c1C. The van der Waals surface area contributed by atoms with Crippen molar-refractivity contribution in [2.45, 2.75) is 6.92 Å². The van der Waals surface area contributed by atoms with Gasteiger partial charge < -0.3 is 14.5 Å². The summed E-state index contributed by atoms with van der Waals surface area (Å²) in [5.74, 6) is -0.411. The van der Waals surface area contributed by atoms with Crippen molar-refractivity contribution in [3.05, 3.63) is 62.6 Å². The summed E-state index contributed by atoms with van der Waals surface area (Å²) in [6, 6.07) is 12.7. The van der Waals surface area contributed by atoms with E-state index in [0.29, 0.717) is 11.3 Å². The number of carbonyl (C=O) groups excluding carboxylic acids is 2. The van der Waals surface area contributed by atoms with Gasteiger partial charge in [0.15, 0.2) is 5.76 Å². The number of hydrogen-bond donors (Lipinski definition) is 1. The van der Waals surface area contributed by atoms with E-state index in [1.54, 1.807) is 19.1 Å². The number of esters is 1. The molecular formula is C19H13BrN2O4S. The van der Waals surface area contributed by atoms with Crippen LogP contribution in [0.4, 0.5) is 5.00 Å². The Hall–Kier alpha value is -2.89. The molecule has 0 radical (unpaired) electrons. The van der Waals surface area contributed by atoms with E-state index < -0.39 is 11.9 Å². The van der Waals surface area contributed by atoms with E-state index >= 15 is 0 Å². The molecular weight excluding hydrogens is 432 g/mol. The van der Waals surface area contributed by atoms with E-state index in [9.17, 15) is 14.9 Å². The van der Waals surface area contributed by atoms with E-state index in [1.165, 1.54) is 7.11 Å². The smallest absolute Gasteiger partial charge is 0.348 e. The third kappa shape index (κ3) is 3.79. The van der Waals surface area contributed by atoms with Crippen molar-refractivity contribution in [2.24, 2.45) is 0 Å². The molecule has 0 aliphatic rings. The molecule has 136 valence electrons. The maximum absolute atomic E-state index is 12.5. The van der Waals surface area contributed by atoms with Crippen molar-refractivity contribution < 1.29 is 18.7 Å². The molecule has 1 aromatic carbocycles. The Balaban J connectivity index is 1.85. The molecule has 0 aliphatic heterocycles. The van der Waals surface area contributed by atoms with Gasteiger partial charge in [-0.15, -0.1) is 11.3 Å². The number of carbonyl (C=O) groups is 2. The lowest BCUT2D eigenvalue weighted by Crippen LogP contribution is -2.10. The summed E-state index contributed by atoms with van der Waals surface area (Å²) in [6.45, 7) is 1.63. The second kappa shape index (κ2) is 7.78. The summed E-state index contributed by atoms with van der Waals surface area (Å²) in [5, 5.41) is 12.3. The predicted molar refractivity (Wildman–Crippen MR) is 105 cm³/mol. The summed E-state index contributed by atoms with van der Waals surface area (Å²) < 4.78 is 11.3. The van der Waals surface area contributed by atoms with Gasteiger partial charge in [0.05, 0.1) is 12.7 Å². The second-order valence-electron chi connectivity index (χ2n) is 5.49. The Kier molecular flexibility index (Phi) is 5.44. The van der Waals surface area contributed by atoms with Crippen molar-refractivity contribution in [2.75, 3.05) is 12.4 Å². The maximum atomic E-state index is 12.5. The molecule has 1 amide bonds. The normalized spacial score (nSPS) is 10.3. The van der Waals surface area contributed by atoms with Crippen LogP contribution in [-0.2, 0) is 4.74 Å². The van der Waals surface area contributed by atoms with Gasteiger partial charge in [0.25, 0.3) is 5.91 Å². The highest BCUT2D eigenvalue weighted by Crippen LogP contribution is 2.33. The number of furan rings is 1. The minimum absolute atomic E-state index is 0.0995. The summed E-state index contributed by atoms with van der Waals surface area (Å²) in [5.41, 5.74) is 1.53. The van der Waals surface area contributed by atoms with E-state index in [-0.39, 0.29) is 21.2 Å². The molecule has 0 spiro atoms. The van der Waals surface area contributed by atoms with Gasteiger partial charge in [0.2, 0.25) is 0 Å². The molecule has 8 heteroatoms. The zero-order valence-electron chi connectivity index (χ0n) is 14.3. The van der Waals surface area contributed by atoms with Gasteiger partial charge in [0, 0.05) is 10.0 Å². The number of thiophene rings is 1. The molecule has 0 bridgehead atoms. The summed E-state index contributed by atoms with van der Waals surface area (Å²) in [7, 11) is 1.26. The molecule has 0 fully saturated rings. The van der Waals surface area contributed by atoms with Gasteiger partial charge in [-0.2, -0.15) is 5.26 Å². The van der Waals surface area contributed by atoms with E-state index in [1.807, 2.05) is 30.3 Å². The van der Waals surface area contributed by atoms with Gasteiger partial charge in [-0.05, 0) is 36.8 Å². The number of benzene rings is 1. The topological polar surface area (TPSA) is 92.3 Å². The summed E-state index contributed by atoms with van der Waals surface area (Å²) in [4.78, 5) is 24.6. The number of nitrogens with one attached hydrogen (secondary N) is 1. The van der Waals surface area contributed by atoms with Crippen LogP contribution in [0.3, 0.4) is 0 Å². The van der Waals surface area contributed by atoms with Crippen molar-refractivity contribution in [3.8, 4) is 17.4 Å². The lowest BCUT2D eigenvalue weighted by molar-refractivity contribution is 0.0605. The third-order valence-electron chi connectivity index (χ3n) is 3.81. The van der Waals surface area contributed by atoms with Crippen LogP contribution in [0, 0.1) is 18.3 Å². The first kappa shape index (κ1) is 18.9. The first-order valence-corrected chi connectivity index (χ1v) is 9.34. The lowest BCUT2D eigenvalue weighted by atomic mass is 10.2. The minimum Gasteiger partial charge on any atom is -0.465 e. The maximum Gasteiger partial charge on any atom is 0.348 e. The van der Waals surface area contributed by atoms with Crippen molar-refractivity contribution in [1.29, 1.82) is 5.26 Å². The van der Waals surface area contributed by atoms with Gasteiger partial charge in [0.1, 0.15) is 21.7 Å². The Labute approximate surface area is 167 Å². The van der Waals surface area contributed by atoms with Gasteiger partial charge >= 0.3 is 5.97 Å². The number of nitriles is 1. The molecule has 0 saturated carbocycles. The van der Waals surface area contributed by atoms with Crippen LogP contribution in [0.2, 0.25) is 0 Å². The number of halogens is 1. The Morgan fingerprint density at radius 3 is 2.56 bits per heavy atom. The second-order valence-corrected chi connectivity index (χ2v) is 7.42. The summed E-state index contributed by atoms with van der Waals surface area (Å²) in [6.07, 6.45) is 0. The Morgan fingerprint density at radius 2 is 1.93 bits per heavy atom. The molecule has 0 atom stereocenters. The average Bonchev–Trinajstić information content (AvgIpc) is 3.27. The van der Waals surface area contributed by atoms with Crippen molar-refractivity contribution >= 4 is 44.1 Å². The quantitative estimate of drug-likeness (QED) is 0.572. The molecule has 3 aromatic rings. The lowest BCUT2D eigenvalue weighted by Gasteiger charge is -2.01. The fraction of sp³-hybridized carbons (Fsp3) is 0.105. The third-order valence-corrected chi connectivity index (χ3v) is 5.53. The molecule has 1 N–H and O–H groups in total. The van der Waals surface area contributed by atoms with Crippen LogP contribution >= 0.6 is 27.3 Å². The molecule has 3 rings (SSSR count). The number of methoxy groups -OCH3 is 1. The van der Waals surface area contributed by atoms with Crippen LogP contribution in [0.15, 0.2) is 45.3 Å². The highest BCUT2D eigenvalue weighted by atomic mass is 79.9. The van der Waals surface area contributed by atoms with Gasteiger partial charge in [-0.3, -0.25) is 4.79 Å². The van der Waals surface area contributed by atoms with Crippen LogP contribution in [0.1, 0.15) is 31.4 Å². The first-order chi connectivity index (χ1) is 12.9. The first-order valence-electron chi connectivity index (χ1n) is 7.73. The Bertz CT molecular complexity index is 1060. The minimum atomic E-state index is -0.551. The van der Waals surface area contributed by atoms with Crippen molar-refractivity contribution in [3.63, 3.8) is 0 Å². The highest BCUT2D eigenvalue weighted by Gasteiger charge is 2.23. The molecule has 0 aliphatic carbocycles. The number of amides is 1. The van der Waals surface area contributed by atoms with Crippen LogP contribution in [0.25, 0.3) is 11.3 Å². The highest BCUT2D eigenvalue weighted by molar-refractivity contribution is 9.10. The number of anilines is 1. The van der Waals surface area contributed by atoms with E-state index in [0.717, 1.165) is 21.4 Å². The number of ether oxygens (including phenoxy) is 1. The monoisotopic (exact) mass is 444 g/mol. The largest absolute Gasteiger partial charge is 0.465 e.